The number of fused-ring (bicyclic) bond motifs is 4. The van der Waals surface area contributed by atoms with Gasteiger partial charge in [0.25, 0.3) is 23.6 Å². The maximum absolute atomic E-state index is 12.0. The quantitative estimate of drug-likeness (QED) is 0.124. The highest BCUT2D eigenvalue weighted by molar-refractivity contribution is 6.31. The Bertz CT molecular complexity index is 2590. The minimum atomic E-state index is -0.757. The number of halogens is 2. The van der Waals surface area contributed by atoms with Crippen molar-refractivity contribution in [3.05, 3.63) is 90.9 Å². The lowest BCUT2D eigenvalue weighted by molar-refractivity contribution is -0.386. The number of ether oxygens (including phenoxy) is 4. The van der Waals surface area contributed by atoms with Crippen molar-refractivity contribution in [1.29, 1.82) is 0 Å². The van der Waals surface area contributed by atoms with Gasteiger partial charge in [-0.2, -0.15) is 0 Å². The van der Waals surface area contributed by atoms with Crippen LogP contribution < -0.4 is 54.9 Å². The van der Waals surface area contributed by atoms with Crippen LogP contribution in [0.3, 0.4) is 0 Å². The number of likely N-dealkylation sites (N-methyl/N-ethyl adjacent to an activating group) is 3. The van der Waals surface area contributed by atoms with Gasteiger partial charge in [0.15, 0.2) is 35.9 Å². The molecule has 0 radical (unpaired) electrons. The molecule has 4 aromatic carbocycles. The van der Waals surface area contributed by atoms with Crippen LogP contribution in [0.4, 0.5) is 45.5 Å². The summed E-state index contributed by atoms with van der Waals surface area (Å²) in [4.78, 5) is 73.8. The number of rotatable bonds is 3. The Hall–Kier alpha value is -7.10. The number of piperazine rings is 1. The van der Waals surface area contributed by atoms with Crippen LogP contribution in [0.15, 0.2) is 60.7 Å². The number of nitro groups is 2. The molecule has 1 fully saturated rings. The molecule has 4 amide bonds. The summed E-state index contributed by atoms with van der Waals surface area (Å²) < 4.78 is 21.7. The molecule has 0 bridgehead atoms. The van der Waals surface area contributed by atoms with Crippen molar-refractivity contribution in [2.75, 3.05) is 78.0 Å². The third kappa shape index (κ3) is 10.1. The predicted molar refractivity (Wildman–Crippen MR) is 248 cm³/mol. The first-order valence-corrected chi connectivity index (χ1v) is 21.2. The number of amides is 4. The molecule has 1 saturated heterocycles. The van der Waals surface area contributed by atoms with Crippen LogP contribution in [0.1, 0.15) is 27.7 Å². The first-order valence-electron chi connectivity index (χ1n) is 20.4. The molecule has 0 unspecified atom stereocenters. The summed E-state index contributed by atoms with van der Waals surface area (Å²) in [6.45, 7) is 10.5. The Morgan fingerprint density at radius 1 is 0.606 bits per heavy atom. The van der Waals surface area contributed by atoms with E-state index < -0.39 is 34.3 Å². The zero-order chi connectivity index (χ0) is 48.3. The van der Waals surface area contributed by atoms with Gasteiger partial charge in [0.05, 0.1) is 44.0 Å². The van der Waals surface area contributed by atoms with Crippen LogP contribution in [0.25, 0.3) is 0 Å². The number of nitrogens with one attached hydrogen (secondary N) is 2. The Morgan fingerprint density at radius 3 is 1.61 bits per heavy atom. The Morgan fingerprint density at radius 2 is 1.05 bits per heavy atom. The summed E-state index contributed by atoms with van der Waals surface area (Å²) in [5, 5.41) is 27.8. The summed E-state index contributed by atoms with van der Waals surface area (Å²) in [7, 11) is 5.06. The van der Waals surface area contributed by atoms with Gasteiger partial charge in [-0.05, 0) is 64.1 Å². The van der Waals surface area contributed by atoms with Crippen LogP contribution in [0.5, 0.6) is 23.0 Å². The molecule has 0 saturated carbocycles. The predicted octanol–water partition coefficient (Wildman–Crippen LogP) is 5.81. The topological polar surface area (TPSA) is 255 Å². The van der Waals surface area contributed by atoms with Crippen LogP contribution in [-0.2, 0) is 19.2 Å². The normalized spacial score (nSPS) is 20.2. The van der Waals surface area contributed by atoms with Crippen molar-refractivity contribution in [2.24, 2.45) is 0 Å². The number of hydrogen-bond acceptors (Lipinski definition) is 15. The molecule has 4 aromatic rings. The Kier molecular flexibility index (Phi) is 14.6. The van der Waals surface area contributed by atoms with Gasteiger partial charge in [0, 0.05) is 69.5 Å². The number of para-hydroxylation sites is 2. The molecule has 0 spiro atoms. The first-order chi connectivity index (χ1) is 31.2. The van der Waals surface area contributed by atoms with E-state index in [1.807, 2.05) is 25.2 Å². The minimum Gasteiger partial charge on any atom is -0.477 e. The summed E-state index contributed by atoms with van der Waals surface area (Å²) in [6.07, 6.45) is -2.38. The lowest BCUT2D eigenvalue weighted by atomic mass is 10.1. The number of benzene rings is 4. The van der Waals surface area contributed by atoms with Gasteiger partial charge in [-0.3, -0.25) is 39.4 Å². The van der Waals surface area contributed by atoms with Gasteiger partial charge >= 0.3 is 11.4 Å². The van der Waals surface area contributed by atoms with Crippen LogP contribution in [0, 0.1) is 20.2 Å². The van der Waals surface area contributed by atoms with Gasteiger partial charge in [-0.15, -0.1) is 0 Å². The highest BCUT2D eigenvalue weighted by Gasteiger charge is 2.36. The lowest BCUT2D eigenvalue weighted by Gasteiger charge is -2.36. The molecule has 0 aliphatic carbocycles. The van der Waals surface area contributed by atoms with Crippen molar-refractivity contribution in [3.8, 4) is 23.0 Å². The molecular formula is C43H47Cl2N9O12. The largest absolute Gasteiger partial charge is 0.477 e. The molecule has 4 atom stereocenters. The molecule has 66 heavy (non-hydrogen) atoms. The number of nitrogens with two attached hydrogens (primary N) is 1. The second-order valence-corrected chi connectivity index (χ2v) is 16.2. The summed E-state index contributed by atoms with van der Waals surface area (Å²) in [5.74, 6) is 0.878. The maximum atomic E-state index is 12.0. The molecular weight excluding hydrogens is 905 g/mol. The smallest absolute Gasteiger partial charge is 0.314 e. The van der Waals surface area contributed by atoms with E-state index in [4.69, 9.17) is 47.9 Å². The standard InChI is InChI=1S/C14H19N3O2.C10H9ClN2O4.C10H12N2O2.C9H7ClN2O4/c1-10-14(18)16(2)11-4-3-5-12(13(11)19-10)17-8-6-15-7-9-17;1-5-10(14)12(2)7-3-6(11)4-8(13(15)16)9(7)17-5;1-6-10(13)12(2)8-5-3-4-7(11)9(8)14-6;1-4-9(13)11-6-2-5(10)3-7(12(14)15)8(6)16-4/h3-5,10,15H,6-9H2,1-2H3;3-5H,1-2H3;3-6H,11H2,1-2H3;2-4H,1H3,(H,11,13)/t10-;5-;6-;4-/m1111/s1. The number of hydrogen-bond donors (Lipinski definition) is 3. The fraction of sp³-hybridized carbons (Fsp3) is 0.349. The fourth-order valence-corrected chi connectivity index (χ4v) is 7.73. The zero-order valence-corrected chi connectivity index (χ0v) is 38.3. The molecule has 9 rings (SSSR count). The zero-order valence-electron chi connectivity index (χ0n) is 36.8. The van der Waals surface area contributed by atoms with E-state index in [2.05, 4.69) is 21.6 Å². The number of carbonyl (C=O) groups excluding carboxylic acids is 4. The summed E-state index contributed by atoms with van der Waals surface area (Å²) in [5.41, 5.74) is 9.03. The molecule has 0 aromatic heterocycles. The van der Waals surface area contributed by atoms with Crippen LogP contribution in [-0.4, -0.2) is 105 Å². The highest BCUT2D eigenvalue weighted by Crippen LogP contribution is 2.44. The van der Waals surface area contributed by atoms with Crippen molar-refractivity contribution in [2.45, 2.75) is 52.1 Å². The van der Waals surface area contributed by atoms with Gasteiger partial charge in [-0.25, -0.2) is 0 Å². The summed E-state index contributed by atoms with van der Waals surface area (Å²) in [6, 6.07) is 16.6. The Balaban J connectivity index is 0.000000146. The second kappa shape index (κ2) is 20.0. The molecule has 5 heterocycles. The molecule has 21 nitrogen and oxygen atoms in total. The number of anilines is 6. The van der Waals surface area contributed by atoms with Crippen molar-refractivity contribution in [1.82, 2.24) is 5.32 Å². The van der Waals surface area contributed by atoms with Crippen molar-refractivity contribution >= 4 is 92.3 Å². The fourth-order valence-electron chi connectivity index (χ4n) is 7.31. The number of nitrogen functional groups attached to an aromatic ring is 1. The Labute approximate surface area is 388 Å². The molecule has 23 heteroatoms. The van der Waals surface area contributed by atoms with E-state index in [-0.39, 0.29) is 62.2 Å². The third-order valence-electron chi connectivity index (χ3n) is 10.8. The number of nitrogens with zero attached hydrogens (tertiary/aromatic N) is 6. The SMILES string of the molecule is C[C@H]1Oc2c(N)cccc2N(C)C1=O.C[C@H]1Oc2c(N3CCNCC3)cccc2N(C)C1=O.C[C@H]1Oc2c(cc(Cl)cc2[N+](=O)[O-])N(C)C1=O.C[C@H]1Oc2c(cc(Cl)cc2[N+](=O)[O-])NC1=O. The van der Waals surface area contributed by atoms with Crippen molar-refractivity contribution < 1.29 is 48.0 Å². The average molecular weight is 953 g/mol. The van der Waals surface area contributed by atoms with Gasteiger partial charge in [0.1, 0.15) is 0 Å². The minimum absolute atomic E-state index is 0.00459. The van der Waals surface area contributed by atoms with Gasteiger partial charge < -0.3 is 54.9 Å². The van der Waals surface area contributed by atoms with E-state index in [9.17, 15) is 39.4 Å². The summed E-state index contributed by atoms with van der Waals surface area (Å²) >= 11 is 11.5. The maximum Gasteiger partial charge on any atom is 0.314 e. The lowest BCUT2D eigenvalue weighted by Crippen LogP contribution is -2.45. The van der Waals surface area contributed by atoms with Crippen LogP contribution >= 0.6 is 23.2 Å². The van der Waals surface area contributed by atoms with Crippen LogP contribution in [0.2, 0.25) is 10.0 Å². The average Bonchev–Trinajstić information content (AvgIpc) is 3.28. The van der Waals surface area contributed by atoms with Gasteiger partial charge in [0.2, 0.25) is 11.5 Å². The van der Waals surface area contributed by atoms with Gasteiger partial charge in [-0.1, -0.05) is 35.3 Å². The number of carbonyl (C=O) groups is 4. The van der Waals surface area contributed by atoms with E-state index in [1.54, 1.807) is 49.8 Å². The number of nitro benzene ring substituents is 2. The molecule has 5 aliphatic heterocycles. The molecule has 5 aliphatic rings. The van der Waals surface area contributed by atoms with E-state index in [1.165, 1.54) is 43.1 Å². The monoisotopic (exact) mass is 951 g/mol. The second-order valence-electron chi connectivity index (χ2n) is 15.4. The van der Waals surface area contributed by atoms with E-state index in [0.717, 1.165) is 49.0 Å². The van der Waals surface area contributed by atoms with Crippen molar-refractivity contribution in [3.63, 3.8) is 0 Å². The third-order valence-corrected chi connectivity index (χ3v) is 11.3. The first kappa shape index (κ1) is 48.4. The van der Waals surface area contributed by atoms with E-state index in [0.29, 0.717) is 17.1 Å². The van der Waals surface area contributed by atoms with E-state index >= 15 is 0 Å². The highest BCUT2D eigenvalue weighted by atomic mass is 35.5. The molecule has 4 N–H and O–H groups in total. The molecule has 350 valence electrons.